The number of benzene rings is 10. The first-order valence-electron chi connectivity index (χ1n) is 19.9. The van der Waals surface area contributed by atoms with E-state index in [4.69, 9.17) is 0 Å². The number of hydrogen-bond donors (Lipinski definition) is 0. The Bertz CT molecular complexity index is 3270. The van der Waals surface area contributed by atoms with E-state index in [9.17, 15) is 0 Å². The van der Waals surface area contributed by atoms with E-state index in [0.717, 1.165) is 22.6 Å². The summed E-state index contributed by atoms with van der Waals surface area (Å²) in [5.41, 5.74) is 14.0. The van der Waals surface area contributed by atoms with Crippen LogP contribution in [0.15, 0.2) is 231 Å². The smallest absolute Gasteiger partial charge is 0.0547 e. The van der Waals surface area contributed by atoms with Gasteiger partial charge in [0, 0.05) is 33.0 Å². The molecule has 0 saturated carbocycles. The van der Waals surface area contributed by atoms with Gasteiger partial charge in [0.15, 0.2) is 0 Å². The molecule has 0 N–H and O–H groups in total. The molecule has 0 aliphatic heterocycles. The first-order valence-corrected chi connectivity index (χ1v) is 19.9. The molecular weight excluding hydrogens is 701 g/mol. The fourth-order valence-corrected chi connectivity index (χ4v) is 9.00. The van der Waals surface area contributed by atoms with E-state index in [1.165, 1.54) is 76.9 Å². The van der Waals surface area contributed by atoms with Gasteiger partial charge in [-0.05, 0) is 80.9 Å². The molecule has 0 saturated heterocycles. The highest BCUT2D eigenvalue weighted by Gasteiger charge is 2.24. The van der Waals surface area contributed by atoms with Crippen LogP contribution in [0, 0.1) is 0 Å². The molecule has 0 radical (unpaired) electrons. The Kier molecular flexibility index (Phi) is 8.19. The van der Waals surface area contributed by atoms with Crippen molar-refractivity contribution in [3.63, 3.8) is 0 Å². The Balaban J connectivity index is 1.18. The highest BCUT2D eigenvalue weighted by atomic mass is 15.1. The molecule has 272 valence electrons. The van der Waals surface area contributed by atoms with E-state index < -0.39 is 0 Å². The second-order valence-corrected chi connectivity index (χ2v) is 14.9. The van der Waals surface area contributed by atoms with Gasteiger partial charge in [0.25, 0.3) is 0 Å². The summed E-state index contributed by atoms with van der Waals surface area (Å²) >= 11 is 0. The first kappa shape index (κ1) is 33.6. The van der Waals surface area contributed by atoms with Crippen LogP contribution in [0.1, 0.15) is 0 Å². The Morgan fingerprint density at radius 1 is 0.293 bits per heavy atom. The molecule has 0 bridgehead atoms. The van der Waals surface area contributed by atoms with Gasteiger partial charge in [0.1, 0.15) is 0 Å². The summed E-state index contributed by atoms with van der Waals surface area (Å²) in [5.74, 6) is 0. The average molecular weight is 739 g/mol. The third kappa shape index (κ3) is 5.57. The lowest BCUT2D eigenvalue weighted by Gasteiger charge is -2.30. The van der Waals surface area contributed by atoms with Gasteiger partial charge < -0.3 is 9.47 Å². The molecule has 1 heterocycles. The highest BCUT2D eigenvalue weighted by molar-refractivity contribution is 6.18. The van der Waals surface area contributed by atoms with Crippen molar-refractivity contribution < 1.29 is 0 Å². The van der Waals surface area contributed by atoms with Crippen LogP contribution in [-0.4, -0.2) is 4.57 Å². The SMILES string of the molecule is c1ccc(-c2ccc(N(c3ccccc3-c3cccc4ccccc34)c3ccccc3-c3cccc4c3c3ccccc3n4-c3cccc4ccccc34)cc2)cc1. The summed E-state index contributed by atoms with van der Waals surface area (Å²) in [6, 6.07) is 83.7. The molecule has 0 amide bonds. The van der Waals surface area contributed by atoms with Crippen molar-refractivity contribution in [3.05, 3.63) is 231 Å². The van der Waals surface area contributed by atoms with E-state index in [-0.39, 0.29) is 0 Å². The van der Waals surface area contributed by atoms with Crippen LogP contribution in [0.25, 0.3) is 82.4 Å². The van der Waals surface area contributed by atoms with Gasteiger partial charge in [-0.2, -0.15) is 0 Å². The molecule has 0 unspecified atom stereocenters. The normalized spacial score (nSPS) is 11.4. The number of rotatable bonds is 7. The summed E-state index contributed by atoms with van der Waals surface area (Å²) in [5, 5.41) is 7.38. The summed E-state index contributed by atoms with van der Waals surface area (Å²) in [4.78, 5) is 2.46. The van der Waals surface area contributed by atoms with Crippen molar-refractivity contribution in [1.29, 1.82) is 0 Å². The molecular formula is C56H38N2. The number of para-hydroxylation sites is 3. The largest absolute Gasteiger partial charge is 0.309 e. The summed E-state index contributed by atoms with van der Waals surface area (Å²) in [7, 11) is 0. The predicted molar refractivity (Wildman–Crippen MR) is 247 cm³/mol. The van der Waals surface area contributed by atoms with Gasteiger partial charge >= 0.3 is 0 Å². The summed E-state index contributed by atoms with van der Waals surface area (Å²) in [6.45, 7) is 0. The third-order valence-electron chi connectivity index (χ3n) is 11.6. The average Bonchev–Trinajstić information content (AvgIpc) is 3.64. The molecule has 2 nitrogen and oxygen atoms in total. The van der Waals surface area contributed by atoms with Crippen LogP contribution in [0.3, 0.4) is 0 Å². The number of anilines is 3. The van der Waals surface area contributed by atoms with Crippen LogP contribution in [-0.2, 0) is 0 Å². The van der Waals surface area contributed by atoms with E-state index in [0.29, 0.717) is 0 Å². The summed E-state index contributed by atoms with van der Waals surface area (Å²) in [6.07, 6.45) is 0. The van der Waals surface area contributed by atoms with Gasteiger partial charge in [0.2, 0.25) is 0 Å². The van der Waals surface area contributed by atoms with Gasteiger partial charge in [-0.1, -0.05) is 188 Å². The van der Waals surface area contributed by atoms with E-state index >= 15 is 0 Å². The number of nitrogens with zero attached hydrogens (tertiary/aromatic N) is 2. The summed E-state index contributed by atoms with van der Waals surface area (Å²) < 4.78 is 2.45. The second-order valence-electron chi connectivity index (χ2n) is 14.9. The van der Waals surface area contributed by atoms with Crippen molar-refractivity contribution in [3.8, 4) is 39.1 Å². The van der Waals surface area contributed by atoms with Gasteiger partial charge in [-0.3, -0.25) is 0 Å². The Labute approximate surface area is 338 Å². The number of fused-ring (bicyclic) bond motifs is 5. The topological polar surface area (TPSA) is 8.17 Å². The molecule has 0 fully saturated rings. The monoisotopic (exact) mass is 738 g/mol. The third-order valence-corrected chi connectivity index (χ3v) is 11.6. The van der Waals surface area contributed by atoms with Gasteiger partial charge in [-0.25, -0.2) is 0 Å². The van der Waals surface area contributed by atoms with Gasteiger partial charge in [-0.15, -0.1) is 0 Å². The maximum absolute atomic E-state index is 2.46. The van der Waals surface area contributed by atoms with Crippen LogP contribution in [0.4, 0.5) is 17.1 Å². The van der Waals surface area contributed by atoms with Crippen molar-refractivity contribution >= 4 is 60.4 Å². The Morgan fingerprint density at radius 2 is 0.776 bits per heavy atom. The predicted octanol–water partition coefficient (Wildman–Crippen LogP) is 15.6. The highest BCUT2D eigenvalue weighted by Crippen LogP contribution is 2.48. The molecule has 11 aromatic rings. The maximum Gasteiger partial charge on any atom is 0.0547 e. The van der Waals surface area contributed by atoms with Crippen molar-refractivity contribution in [2.45, 2.75) is 0 Å². The molecule has 1 aromatic heterocycles. The molecule has 0 spiro atoms. The lowest BCUT2D eigenvalue weighted by atomic mass is 9.94. The van der Waals surface area contributed by atoms with E-state index in [1.54, 1.807) is 0 Å². The second kappa shape index (κ2) is 14.1. The van der Waals surface area contributed by atoms with Crippen LogP contribution < -0.4 is 4.90 Å². The number of hydrogen-bond acceptors (Lipinski definition) is 1. The van der Waals surface area contributed by atoms with E-state index in [2.05, 4.69) is 240 Å². The first-order chi connectivity index (χ1) is 28.8. The minimum Gasteiger partial charge on any atom is -0.309 e. The molecule has 2 heteroatoms. The molecule has 58 heavy (non-hydrogen) atoms. The van der Waals surface area contributed by atoms with Crippen molar-refractivity contribution in [1.82, 2.24) is 4.57 Å². The van der Waals surface area contributed by atoms with Crippen molar-refractivity contribution in [2.75, 3.05) is 4.90 Å². The zero-order valence-electron chi connectivity index (χ0n) is 31.8. The van der Waals surface area contributed by atoms with Crippen molar-refractivity contribution in [2.24, 2.45) is 0 Å². The minimum absolute atomic E-state index is 1.09. The molecule has 0 aliphatic carbocycles. The zero-order valence-corrected chi connectivity index (χ0v) is 31.8. The molecule has 0 aliphatic rings. The maximum atomic E-state index is 2.46. The quantitative estimate of drug-likeness (QED) is 0.158. The van der Waals surface area contributed by atoms with Gasteiger partial charge in [0.05, 0.1) is 28.1 Å². The van der Waals surface area contributed by atoms with E-state index in [1.807, 2.05) is 0 Å². The van der Waals surface area contributed by atoms with Crippen LogP contribution in [0.2, 0.25) is 0 Å². The molecule has 0 atom stereocenters. The Morgan fingerprint density at radius 3 is 1.53 bits per heavy atom. The molecule has 11 rings (SSSR count). The lowest BCUT2D eigenvalue weighted by molar-refractivity contribution is 1.20. The number of aromatic nitrogens is 1. The minimum atomic E-state index is 1.09. The standard InChI is InChI=1S/C56H38N2/c1-2-17-39(18-3-1)40-35-37-43(38-36-40)57(52-30-11-8-25-47(52)46-28-14-21-41-19-4-6-23-44(41)46)53-31-12-9-26-48(53)49-29-16-34-55-56(49)50-27-10-13-32-54(50)58(55)51-33-15-22-42-20-5-7-24-45(42)51/h1-38H. The molecule has 10 aromatic carbocycles. The Hall–Kier alpha value is -7.68. The van der Waals surface area contributed by atoms with Crippen LogP contribution >= 0.6 is 0 Å². The fraction of sp³-hybridized carbons (Fsp3) is 0. The zero-order chi connectivity index (χ0) is 38.4. The van der Waals surface area contributed by atoms with Crippen LogP contribution in [0.5, 0.6) is 0 Å². The lowest BCUT2D eigenvalue weighted by Crippen LogP contribution is -2.12. The fourth-order valence-electron chi connectivity index (χ4n) is 9.00.